The van der Waals surface area contributed by atoms with Crippen molar-refractivity contribution in [3.8, 4) is 23.5 Å². The van der Waals surface area contributed by atoms with Crippen molar-refractivity contribution in [1.29, 1.82) is 0 Å². The summed E-state index contributed by atoms with van der Waals surface area (Å²) in [5.74, 6) is 1.72. The van der Waals surface area contributed by atoms with Gasteiger partial charge >= 0.3 is 0 Å². The molecule has 3 heterocycles. The number of halogens is 3. The molecule has 1 fully saturated rings. The van der Waals surface area contributed by atoms with Crippen molar-refractivity contribution in [3.63, 3.8) is 0 Å². The van der Waals surface area contributed by atoms with Crippen molar-refractivity contribution in [3.05, 3.63) is 41.7 Å². The first kappa shape index (κ1) is 22.3. The molecule has 34 heavy (non-hydrogen) atoms. The molecule has 1 aliphatic heterocycles. The SMILES string of the molecule is C#Cc1cc2c(N3CCN(C(=O)CCl)CC3)ncnc2c(F)c1-c1ccc(F)c2sc(N)nc12. The number of anilines is 2. The second-order valence-electron chi connectivity index (χ2n) is 7.68. The first-order chi connectivity index (χ1) is 16.4. The molecule has 0 unspecified atom stereocenters. The molecule has 0 bridgehead atoms. The molecule has 172 valence electrons. The summed E-state index contributed by atoms with van der Waals surface area (Å²) in [6.07, 6.45) is 7.07. The van der Waals surface area contributed by atoms with E-state index in [1.165, 1.54) is 18.5 Å². The topological polar surface area (TPSA) is 88.2 Å². The number of hydrogen-bond acceptors (Lipinski definition) is 7. The minimum Gasteiger partial charge on any atom is -0.375 e. The summed E-state index contributed by atoms with van der Waals surface area (Å²) in [5.41, 5.74) is 6.82. The predicted molar refractivity (Wildman–Crippen MR) is 130 cm³/mol. The molecule has 7 nitrogen and oxygen atoms in total. The van der Waals surface area contributed by atoms with Gasteiger partial charge in [0.2, 0.25) is 5.91 Å². The molecule has 1 aliphatic rings. The molecule has 11 heteroatoms. The minimum absolute atomic E-state index is 0.0722. The van der Waals surface area contributed by atoms with Gasteiger partial charge in [0.15, 0.2) is 10.9 Å². The Morgan fingerprint density at radius 1 is 1.21 bits per heavy atom. The molecule has 0 aliphatic carbocycles. The lowest BCUT2D eigenvalue weighted by molar-refractivity contribution is -0.128. The van der Waals surface area contributed by atoms with Gasteiger partial charge in [0.25, 0.3) is 0 Å². The number of nitrogens with zero attached hydrogens (tertiary/aromatic N) is 5. The fourth-order valence-electron chi connectivity index (χ4n) is 4.22. The number of benzene rings is 2. The van der Waals surface area contributed by atoms with E-state index < -0.39 is 11.6 Å². The minimum atomic E-state index is -0.649. The van der Waals surface area contributed by atoms with Crippen molar-refractivity contribution in [2.45, 2.75) is 0 Å². The molecule has 5 rings (SSSR count). The Morgan fingerprint density at radius 2 is 1.97 bits per heavy atom. The molecular weight excluding hydrogens is 482 g/mol. The molecule has 0 atom stereocenters. The summed E-state index contributed by atoms with van der Waals surface area (Å²) < 4.78 is 30.5. The smallest absolute Gasteiger partial charge is 0.237 e. The second-order valence-corrected chi connectivity index (χ2v) is 8.98. The Bertz CT molecular complexity index is 1490. The summed E-state index contributed by atoms with van der Waals surface area (Å²) in [6.45, 7) is 1.94. The van der Waals surface area contributed by atoms with Gasteiger partial charge < -0.3 is 15.5 Å². The number of hydrogen-bond donors (Lipinski definition) is 1. The maximum absolute atomic E-state index is 16.0. The first-order valence-electron chi connectivity index (χ1n) is 10.3. The third-order valence-electron chi connectivity index (χ3n) is 5.83. The summed E-state index contributed by atoms with van der Waals surface area (Å²) >= 11 is 6.65. The van der Waals surface area contributed by atoms with E-state index in [1.807, 2.05) is 4.90 Å². The molecule has 1 amide bonds. The van der Waals surface area contributed by atoms with Crippen LogP contribution in [0.4, 0.5) is 19.7 Å². The fourth-order valence-corrected chi connectivity index (χ4v) is 5.16. The summed E-state index contributed by atoms with van der Waals surface area (Å²) in [4.78, 5) is 28.3. The quantitative estimate of drug-likeness (QED) is 0.343. The number of nitrogen functional groups attached to an aromatic ring is 1. The van der Waals surface area contributed by atoms with Gasteiger partial charge in [-0.3, -0.25) is 4.79 Å². The summed E-state index contributed by atoms with van der Waals surface area (Å²) in [6, 6.07) is 4.34. The Kier molecular flexibility index (Phi) is 5.67. The van der Waals surface area contributed by atoms with E-state index >= 15 is 4.39 Å². The van der Waals surface area contributed by atoms with Crippen LogP contribution in [-0.2, 0) is 4.79 Å². The maximum Gasteiger partial charge on any atom is 0.237 e. The standard InChI is InChI=1S/C23H17ClF2N6OS/c1-2-12-9-14-19(28-11-29-22(14)32-7-5-31(6-8-32)16(33)10-24)18(26)17(12)13-3-4-15(25)21-20(13)30-23(27)34-21/h1,3-4,9,11H,5-8,10H2,(H2,27,30). The lowest BCUT2D eigenvalue weighted by Crippen LogP contribution is -2.49. The van der Waals surface area contributed by atoms with Gasteiger partial charge in [0.05, 0.1) is 10.2 Å². The number of aromatic nitrogens is 3. The van der Waals surface area contributed by atoms with Crippen LogP contribution in [0.15, 0.2) is 24.5 Å². The van der Waals surface area contributed by atoms with Crippen molar-refractivity contribution >= 4 is 60.9 Å². The number of carbonyl (C=O) groups excluding carboxylic acids is 1. The van der Waals surface area contributed by atoms with Crippen LogP contribution in [0.3, 0.4) is 0 Å². The zero-order valence-corrected chi connectivity index (χ0v) is 19.3. The van der Waals surface area contributed by atoms with Gasteiger partial charge in [-0.2, -0.15) is 0 Å². The second kappa shape index (κ2) is 8.66. The summed E-state index contributed by atoms with van der Waals surface area (Å²) in [5, 5.41) is 0.617. The number of thiazole rings is 1. The van der Waals surface area contributed by atoms with Crippen LogP contribution < -0.4 is 10.6 Å². The molecule has 0 spiro atoms. The number of nitrogens with two attached hydrogens (primary N) is 1. The summed E-state index contributed by atoms with van der Waals surface area (Å²) in [7, 11) is 0. The van der Waals surface area contributed by atoms with Crippen LogP contribution in [-0.4, -0.2) is 57.8 Å². The van der Waals surface area contributed by atoms with Crippen molar-refractivity contribution in [2.24, 2.45) is 0 Å². The Morgan fingerprint density at radius 3 is 2.68 bits per heavy atom. The van der Waals surface area contributed by atoms with Gasteiger partial charge in [-0.1, -0.05) is 17.3 Å². The van der Waals surface area contributed by atoms with Gasteiger partial charge in [-0.25, -0.2) is 23.7 Å². The molecule has 0 saturated carbocycles. The lowest BCUT2D eigenvalue weighted by Gasteiger charge is -2.35. The number of rotatable bonds is 3. The third kappa shape index (κ3) is 3.57. The molecule has 2 N–H and O–H groups in total. The van der Waals surface area contributed by atoms with Crippen molar-refractivity contribution in [2.75, 3.05) is 42.7 Å². The van der Waals surface area contributed by atoms with E-state index in [0.717, 1.165) is 11.3 Å². The predicted octanol–water partition coefficient (Wildman–Crippen LogP) is 3.64. The van der Waals surface area contributed by atoms with Gasteiger partial charge in [0.1, 0.15) is 29.4 Å². The first-order valence-corrected chi connectivity index (χ1v) is 11.7. The average Bonchev–Trinajstić information content (AvgIpc) is 3.26. The lowest BCUT2D eigenvalue weighted by atomic mass is 9.96. The molecule has 1 saturated heterocycles. The van der Waals surface area contributed by atoms with E-state index in [4.69, 9.17) is 23.8 Å². The fraction of sp³-hybridized carbons (Fsp3) is 0.217. The largest absolute Gasteiger partial charge is 0.375 e. The zero-order valence-electron chi connectivity index (χ0n) is 17.7. The highest BCUT2D eigenvalue weighted by Gasteiger charge is 2.26. The highest BCUT2D eigenvalue weighted by molar-refractivity contribution is 7.22. The van der Waals surface area contributed by atoms with E-state index in [0.29, 0.717) is 42.9 Å². The number of carbonyl (C=O) groups is 1. The van der Waals surface area contributed by atoms with Gasteiger partial charge in [0, 0.05) is 48.3 Å². The van der Waals surface area contributed by atoms with E-state index in [2.05, 4.69) is 20.9 Å². The third-order valence-corrected chi connectivity index (χ3v) is 6.95. The Balaban J connectivity index is 1.65. The van der Waals surface area contributed by atoms with E-state index in [-0.39, 0.29) is 43.8 Å². The Labute approximate surface area is 202 Å². The normalized spacial score (nSPS) is 14.1. The van der Waals surface area contributed by atoms with E-state index in [1.54, 1.807) is 11.0 Å². The Hall–Kier alpha value is -3.55. The molecule has 2 aromatic carbocycles. The van der Waals surface area contributed by atoms with Crippen LogP contribution in [0.25, 0.3) is 32.2 Å². The zero-order chi connectivity index (χ0) is 24.0. The number of piperazine rings is 1. The van der Waals surface area contributed by atoms with Crippen LogP contribution in [0, 0.1) is 24.0 Å². The molecule has 4 aromatic rings. The maximum atomic E-state index is 16.0. The van der Waals surface area contributed by atoms with E-state index in [9.17, 15) is 9.18 Å². The molecule has 0 radical (unpaired) electrons. The van der Waals surface area contributed by atoms with Gasteiger partial charge in [-0.15, -0.1) is 18.0 Å². The van der Waals surface area contributed by atoms with Crippen LogP contribution >= 0.6 is 22.9 Å². The van der Waals surface area contributed by atoms with Crippen molar-refractivity contribution in [1.82, 2.24) is 19.9 Å². The molecule has 2 aromatic heterocycles. The highest BCUT2D eigenvalue weighted by Crippen LogP contribution is 2.40. The number of fused-ring (bicyclic) bond motifs is 2. The van der Waals surface area contributed by atoms with Crippen molar-refractivity contribution < 1.29 is 13.6 Å². The van der Waals surface area contributed by atoms with Crippen LogP contribution in [0.2, 0.25) is 0 Å². The number of alkyl halides is 1. The number of terminal acetylenes is 1. The monoisotopic (exact) mass is 498 g/mol. The van der Waals surface area contributed by atoms with Crippen LogP contribution in [0.5, 0.6) is 0 Å². The number of amides is 1. The highest BCUT2D eigenvalue weighted by atomic mass is 35.5. The van der Waals surface area contributed by atoms with Crippen LogP contribution in [0.1, 0.15) is 5.56 Å². The van der Waals surface area contributed by atoms with Gasteiger partial charge in [-0.05, 0) is 18.2 Å². The molecular formula is C23H17ClF2N6OS. The average molecular weight is 499 g/mol.